The van der Waals surface area contributed by atoms with E-state index in [4.69, 9.17) is 0 Å². The van der Waals surface area contributed by atoms with Gasteiger partial charge in [0.05, 0.1) is 12.6 Å². The molecule has 4 N–H and O–H groups in total. The van der Waals surface area contributed by atoms with Crippen molar-refractivity contribution in [3.8, 4) is 0 Å². The molecule has 1 heterocycles. The number of amides is 2. The number of para-hydroxylation sites is 2. The average molecular weight is 380 g/mol. The molecule has 2 amide bonds. The van der Waals surface area contributed by atoms with E-state index >= 15 is 0 Å². The second-order valence-electron chi connectivity index (χ2n) is 6.95. The molecule has 3 aromatic rings. The van der Waals surface area contributed by atoms with Gasteiger partial charge in [-0.2, -0.15) is 0 Å². The van der Waals surface area contributed by atoms with Crippen LogP contribution in [-0.4, -0.2) is 48.9 Å². The molecule has 6 nitrogen and oxygen atoms in total. The van der Waals surface area contributed by atoms with E-state index in [2.05, 4.69) is 32.7 Å². The maximum absolute atomic E-state index is 12.2. The second kappa shape index (κ2) is 9.80. The van der Waals surface area contributed by atoms with E-state index in [-0.39, 0.29) is 18.7 Å². The highest BCUT2D eigenvalue weighted by atomic mass is 16.3. The second-order valence-corrected chi connectivity index (χ2v) is 6.95. The van der Waals surface area contributed by atoms with Crippen molar-refractivity contribution in [1.29, 1.82) is 0 Å². The van der Waals surface area contributed by atoms with E-state index in [1.807, 2.05) is 55.7 Å². The maximum atomic E-state index is 12.2. The lowest BCUT2D eigenvalue weighted by Crippen LogP contribution is -2.45. The Morgan fingerprint density at radius 2 is 1.89 bits per heavy atom. The summed E-state index contributed by atoms with van der Waals surface area (Å²) < 4.78 is 0. The molecule has 0 aliphatic carbocycles. The van der Waals surface area contributed by atoms with E-state index < -0.39 is 0 Å². The molecule has 0 bridgehead atoms. The molecule has 1 atom stereocenters. The van der Waals surface area contributed by atoms with Gasteiger partial charge in [0.15, 0.2) is 0 Å². The Kier molecular flexibility index (Phi) is 6.92. The number of urea groups is 1. The lowest BCUT2D eigenvalue weighted by Gasteiger charge is -2.20. The molecule has 0 saturated carbocycles. The number of nitrogens with zero attached hydrogens (tertiary/aromatic N) is 1. The van der Waals surface area contributed by atoms with Crippen LogP contribution >= 0.6 is 0 Å². The number of benzene rings is 2. The van der Waals surface area contributed by atoms with Crippen molar-refractivity contribution in [2.75, 3.05) is 31.6 Å². The summed E-state index contributed by atoms with van der Waals surface area (Å²) in [5, 5.41) is 16.5. The fraction of sp³-hybridized carbons (Fsp3) is 0.318. The smallest absolute Gasteiger partial charge is 0.315 e. The minimum absolute atomic E-state index is 0.107. The molecule has 0 fully saturated rings. The predicted octanol–water partition coefficient (Wildman–Crippen LogP) is 2.90. The van der Waals surface area contributed by atoms with Crippen molar-refractivity contribution in [1.82, 2.24) is 15.6 Å². The molecule has 0 aliphatic rings. The highest BCUT2D eigenvalue weighted by Gasteiger charge is 2.14. The minimum atomic E-state index is -0.328. The first kappa shape index (κ1) is 19.8. The summed E-state index contributed by atoms with van der Waals surface area (Å²) in [6.45, 7) is 1.32. The number of aliphatic hydroxyl groups excluding tert-OH is 1. The van der Waals surface area contributed by atoms with Gasteiger partial charge in [-0.25, -0.2) is 4.79 Å². The van der Waals surface area contributed by atoms with Gasteiger partial charge in [-0.15, -0.1) is 0 Å². The topological polar surface area (TPSA) is 80.4 Å². The third-order valence-electron chi connectivity index (χ3n) is 4.85. The van der Waals surface area contributed by atoms with Crippen molar-refractivity contribution in [2.24, 2.45) is 0 Å². The van der Waals surface area contributed by atoms with Crippen LogP contribution in [0.1, 0.15) is 12.0 Å². The number of nitrogens with one attached hydrogen (secondary N) is 3. The number of fused-ring (bicyclic) bond motifs is 1. The van der Waals surface area contributed by atoms with Gasteiger partial charge in [0.1, 0.15) is 0 Å². The zero-order valence-electron chi connectivity index (χ0n) is 16.2. The third-order valence-corrected chi connectivity index (χ3v) is 4.85. The number of hydrogen-bond acceptors (Lipinski definition) is 3. The minimum Gasteiger partial charge on any atom is -0.394 e. The SMILES string of the molecule is CN(CCCNC(=O)NC(CO)Cc1c[nH]c2ccccc12)c1ccccc1. The molecule has 1 aromatic heterocycles. The van der Waals surface area contributed by atoms with Crippen LogP contribution in [0.25, 0.3) is 10.9 Å². The largest absolute Gasteiger partial charge is 0.394 e. The third kappa shape index (κ3) is 5.27. The summed E-state index contributed by atoms with van der Waals surface area (Å²) in [5.74, 6) is 0. The Balaban J connectivity index is 1.41. The van der Waals surface area contributed by atoms with Crippen LogP contribution in [0.4, 0.5) is 10.5 Å². The Labute approximate surface area is 165 Å². The first-order valence-electron chi connectivity index (χ1n) is 9.64. The van der Waals surface area contributed by atoms with Gasteiger partial charge >= 0.3 is 6.03 Å². The number of aliphatic hydroxyl groups is 1. The standard InChI is InChI=1S/C22H28N4O2/c1-26(19-8-3-2-4-9-19)13-7-12-23-22(28)25-18(16-27)14-17-15-24-21-11-6-5-10-20(17)21/h2-6,8-11,15,18,24,27H,7,12-14,16H2,1H3,(H2,23,25,28). The van der Waals surface area contributed by atoms with Crippen molar-refractivity contribution in [3.63, 3.8) is 0 Å². The summed E-state index contributed by atoms with van der Waals surface area (Å²) >= 11 is 0. The predicted molar refractivity (Wildman–Crippen MR) is 114 cm³/mol. The Morgan fingerprint density at radius 3 is 2.68 bits per heavy atom. The molecule has 1 unspecified atom stereocenters. The molecule has 0 spiro atoms. The highest BCUT2D eigenvalue weighted by Crippen LogP contribution is 2.19. The van der Waals surface area contributed by atoms with E-state index in [1.165, 1.54) is 0 Å². The number of rotatable bonds is 9. The molecule has 3 rings (SSSR count). The Bertz CT molecular complexity index is 878. The summed E-state index contributed by atoms with van der Waals surface area (Å²) in [7, 11) is 2.04. The van der Waals surface area contributed by atoms with Crippen LogP contribution in [0.5, 0.6) is 0 Å². The molecular formula is C22H28N4O2. The quantitative estimate of drug-likeness (QED) is 0.431. The van der Waals surface area contributed by atoms with E-state index in [1.54, 1.807) is 0 Å². The van der Waals surface area contributed by atoms with Crippen molar-refractivity contribution < 1.29 is 9.90 Å². The molecule has 0 saturated heterocycles. The van der Waals surface area contributed by atoms with Crippen molar-refractivity contribution >= 4 is 22.6 Å². The van der Waals surface area contributed by atoms with Gasteiger partial charge in [0, 0.05) is 42.9 Å². The molecular weight excluding hydrogens is 352 g/mol. The molecule has 28 heavy (non-hydrogen) atoms. The van der Waals surface area contributed by atoms with E-state index in [0.717, 1.165) is 35.1 Å². The molecule has 0 radical (unpaired) electrons. The van der Waals surface area contributed by atoms with Crippen molar-refractivity contribution in [2.45, 2.75) is 18.9 Å². The number of aromatic amines is 1. The van der Waals surface area contributed by atoms with Gasteiger partial charge in [0.25, 0.3) is 0 Å². The van der Waals surface area contributed by atoms with Crippen molar-refractivity contribution in [3.05, 3.63) is 66.4 Å². The van der Waals surface area contributed by atoms with Gasteiger partial charge in [0.2, 0.25) is 0 Å². The molecule has 148 valence electrons. The lowest BCUT2D eigenvalue weighted by atomic mass is 10.1. The summed E-state index contributed by atoms with van der Waals surface area (Å²) in [6.07, 6.45) is 3.35. The van der Waals surface area contributed by atoms with Crippen LogP contribution in [0, 0.1) is 0 Å². The number of anilines is 1. The zero-order valence-corrected chi connectivity index (χ0v) is 16.2. The molecule has 6 heteroatoms. The fourth-order valence-electron chi connectivity index (χ4n) is 3.29. The summed E-state index contributed by atoms with van der Waals surface area (Å²) in [6, 6.07) is 17.6. The van der Waals surface area contributed by atoms with E-state index in [0.29, 0.717) is 13.0 Å². The average Bonchev–Trinajstić information content (AvgIpc) is 3.14. The number of hydrogen-bond donors (Lipinski definition) is 4. The van der Waals surface area contributed by atoms with Crippen LogP contribution < -0.4 is 15.5 Å². The maximum Gasteiger partial charge on any atom is 0.315 e. The van der Waals surface area contributed by atoms with Crippen LogP contribution in [-0.2, 0) is 6.42 Å². The zero-order chi connectivity index (χ0) is 19.8. The van der Waals surface area contributed by atoms with Gasteiger partial charge in [-0.1, -0.05) is 36.4 Å². The van der Waals surface area contributed by atoms with Gasteiger partial charge in [-0.3, -0.25) is 0 Å². The van der Waals surface area contributed by atoms with E-state index in [9.17, 15) is 9.90 Å². The molecule has 2 aromatic carbocycles. The number of aromatic nitrogens is 1. The van der Waals surface area contributed by atoms with Crippen LogP contribution in [0.3, 0.4) is 0 Å². The number of H-pyrrole nitrogens is 1. The lowest BCUT2D eigenvalue weighted by molar-refractivity contribution is 0.216. The number of carbonyl (C=O) groups is 1. The Hall–Kier alpha value is -2.99. The molecule has 0 aliphatic heterocycles. The van der Waals surface area contributed by atoms with Gasteiger partial charge in [-0.05, 0) is 36.6 Å². The highest BCUT2D eigenvalue weighted by molar-refractivity contribution is 5.83. The monoisotopic (exact) mass is 380 g/mol. The first-order valence-corrected chi connectivity index (χ1v) is 9.64. The van der Waals surface area contributed by atoms with Crippen LogP contribution in [0.15, 0.2) is 60.8 Å². The normalized spacial score (nSPS) is 11.9. The number of carbonyl (C=O) groups excluding carboxylic acids is 1. The summed E-state index contributed by atoms with van der Waals surface area (Å²) in [5.41, 5.74) is 3.30. The first-order chi connectivity index (χ1) is 13.7. The van der Waals surface area contributed by atoms with Crippen LogP contribution in [0.2, 0.25) is 0 Å². The fourth-order valence-corrected chi connectivity index (χ4v) is 3.29. The Morgan fingerprint density at radius 1 is 1.14 bits per heavy atom. The summed E-state index contributed by atoms with van der Waals surface area (Å²) in [4.78, 5) is 17.5. The van der Waals surface area contributed by atoms with Gasteiger partial charge < -0.3 is 25.6 Å².